The van der Waals surface area contributed by atoms with Crippen molar-refractivity contribution in [1.82, 2.24) is 9.88 Å². The molecule has 0 aromatic carbocycles. The van der Waals surface area contributed by atoms with Crippen molar-refractivity contribution in [2.45, 2.75) is 19.9 Å². The lowest BCUT2D eigenvalue weighted by Crippen LogP contribution is -2.33. The summed E-state index contributed by atoms with van der Waals surface area (Å²) in [5, 5.41) is 4.76. The molecule has 2 rings (SSSR count). The Labute approximate surface area is 109 Å². The van der Waals surface area contributed by atoms with E-state index in [4.69, 9.17) is 0 Å². The molecular formula is C12H14N2OS2. The number of hydrogen-bond donors (Lipinski definition) is 0. The van der Waals surface area contributed by atoms with Gasteiger partial charge in [0.1, 0.15) is 10.7 Å². The minimum Gasteiger partial charge on any atom is -0.338 e. The molecule has 0 unspecified atom stereocenters. The lowest BCUT2D eigenvalue weighted by molar-refractivity contribution is 0.0750. The number of carbonyl (C=O) groups excluding carboxylic acids is 1. The van der Waals surface area contributed by atoms with Crippen molar-refractivity contribution in [3.05, 3.63) is 28.6 Å². The Bertz CT molecular complexity index is 502. The topological polar surface area (TPSA) is 33.2 Å². The van der Waals surface area contributed by atoms with Crippen LogP contribution in [0.25, 0.3) is 9.88 Å². The second-order valence-corrected chi connectivity index (χ2v) is 5.83. The van der Waals surface area contributed by atoms with E-state index in [0.29, 0.717) is 5.69 Å². The fourth-order valence-electron chi connectivity index (χ4n) is 1.30. The Balaban J connectivity index is 2.22. The smallest absolute Gasteiger partial charge is 0.273 e. The van der Waals surface area contributed by atoms with Gasteiger partial charge in [0.25, 0.3) is 5.91 Å². The van der Waals surface area contributed by atoms with E-state index in [1.807, 2.05) is 36.7 Å². The zero-order valence-electron chi connectivity index (χ0n) is 10.0. The van der Waals surface area contributed by atoms with Gasteiger partial charge in [-0.25, -0.2) is 4.98 Å². The predicted molar refractivity (Wildman–Crippen MR) is 72.7 cm³/mol. The van der Waals surface area contributed by atoms with Crippen molar-refractivity contribution in [1.29, 1.82) is 0 Å². The van der Waals surface area contributed by atoms with Gasteiger partial charge in [-0.1, -0.05) is 6.07 Å². The standard InChI is InChI=1S/C12H14N2OS2/c1-8(2)14(3)12(15)9-7-17-11(13-9)10-5-4-6-16-10/h4-8H,1-3H3. The van der Waals surface area contributed by atoms with Crippen LogP contribution in [0.2, 0.25) is 0 Å². The van der Waals surface area contributed by atoms with Crippen molar-refractivity contribution in [3.63, 3.8) is 0 Å². The van der Waals surface area contributed by atoms with E-state index in [9.17, 15) is 4.79 Å². The summed E-state index contributed by atoms with van der Waals surface area (Å²) in [4.78, 5) is 19.3. The highest BCUT2D eigenvalue weighted by Gasteiger charge is 2.18. The summed E-state index contributed by atoms with van der Waals surface area (Å²) < 4.78 is 0. The van der Waals surface area contributed by atoms with Gasteiger partial charge >= 0.3 is 0 Å². The maximum atomic E-state index is 12.0. The molecule has 0 saturated heterocycles. The van der Waals surface area contributed by atoms with Crippen LogP contribution in [0.15, 0.2) is 22.9 Å². The highest BCUT2D eigenvalue weighted by molar-refractivity contribution is 7.20. The molecule has 0 N–H and O–H groups in total. The highest BCUT2D eigenvalue weighted by Crippen LogP contribution is 2.28. The number of carbonyl (C=O) groups is 1. The van der Waals surface area contributed by atoms with Crippen LogP contribution in [-0.2, 0) is 0 Å². The van der Waals surface area contributed by atoms with E-state index in [0.717, 1.165) is 9.88 Å². The number of rotatable bonds is 3. The second-order valence-electron chi connectivity index (χ2n) is 4.03. The van der Waals surface area contributed by atoms with E-state index in [-0.39, 0.29) is 11.9 Å². The first-order chi connectivity index (χ1) is 8.09. The SMILES string of the molecule is CC(C)N(C)C(=O)c1csc(-c2cccs2)n1. The third-order valence-corrected chi connectivity index (χ3v) is 4.43. The molecular weight excluding hydrogens is 252 g/mol. The van der Waals surface area contributed by atoms with Gasteiger partial charge in [-0.05, 0) is 25.3 Å². The van der Waals surface area contributed by atoms with Crippen LogP contribution < -0.4 is 0 Å². The number of amides is 1. The predicted octanol–water partition coefficient (Wildman–Crippen LogP) is 3.35. The van der Waals surface area contributed by atoms with Gasteiger partial charge in [-0.3, -0.25) is 4.79 Å². The number of nitrogens with zero attached hydrogens (tertiary/aromatic N) is 2. The van der Waals surface area contributed by atoms with Gasteiger partial charge in [0.05, 0.1) is 4.88 Å². The molecule has 0 atom stereocenters. The minimum absolute atomic E-state index is 0.0148. The molecule has 2 aromatic rings. The molecule has 90 valence electrons. The molecule has 3 nitrogen and oxygen atoms in total. The maximum absolute atomic E-state index is 12.0. The highest BCUT2D eigenvalue weighted by atomic mass is 32.1. The zero-order chi connectivity index (χ0) is 12.4. The van der Waals surface area contributed by atoms with Gasteiger partial charge < -0.3 is 4.90 Å². The van der Waals surface area contributed by atoms with Gasteiger partial charge in [-0.15, -0.1) is 22.7 Å². The van der Waals surface area contributed by atoms with E-state index < -0.39 is 0 Å². The number of aromatic nitrogens is 1. The van der Waals surface area contributed by atoms with Crippen molar-refractivity contribution in [3.8, 4) is 9.88 Å². The first-order valence-electron chi connectivity index (χ1n) is 5.36. The monoisotopic (exact) mass is 266 g/mol. The molecule has 5 heteroatoms. The number of hydrogen-bond acceptors (Lipinski definition) is 4. The van der Waals surface area contributed by atoms with Crippen molar-refractivity contribution in [2.24, 2.45) is 0 Å². The molecule has 0 aliphatic rings. The fraction of sp³-hybridized carbons (Fsp3) is 0.333. The summed E-state index contributed by atoms with van der Waals surface area (Å²) in [6.07, 6.45) is 0. The Kier molecular flexibility index (Phi) is 3.59. The largest absolute Gasteiger partial charge is 0.338 e. The quantitative estimate of drug-likeness (QED) is 0.853. The third kappa shape index (κ3) is 2.56. The molecule has 0 spiro atoms. The molecule has 0 bridgehead atoms. The summed E-state index contributed by atoms with van der Waals surface area (Å²) in [7, 11) is 1.80. The minimum atomic E-state index is -0.0148. The summed E-state index contributed by atoms with van der Waals surface area (Å²) in [6.45, 7) is 3.98. The maximum Gasteiger partial charge on any atom is 0.273 e. The lowest BCUT2D eigenvalue weighted by Gasteiger charge is -2.19. The molecule has 0 fully saturated rings. The molecule has 0 saturated carbocycles. The van der Waals surface area contributed by atoms with Crippen molar-refractivity contribution < 1.29 is 4.79 Å². The molecule has 0 radical (unpaired) electrons. The van der Waals surface area contributed by atoms with Crippen LogP contribution in [0.3, 0.4) is 0 Å². The number of thiophene rings is 1. The zero-order valence-corrected chi connectivity index (χ0v) is 11.6. The van der Waals surface area contributed by atoms with Crippen LogP contribution >= 0.6 is 22.7 Å². The first-order valence-corrected chi connectivity index (χ1v) is 7.12. The van der Waals surface area contributed by atoms with Crippen LogP contribution in [0.4, 0.5) is 0 Å². The summed E-state index contributed by atoms with van der Waals surface area (Å²) in [6, 6.07) is 4.20. The molecule has 0 aliphatic carbocycles. The summed E-state index contributed by atoms with van der Waals surface area (Å²) in [5.74, 6) is -0.0148. The Morgan fingerprint density at radius 2 is 2.18 bits per heavy atom. The second kappa shape index (κ2) is 4.98. The number of thiazole rings is 1. The third-order valence-electron chi connectivity index (χ3n) is 2.55. The van der Waals surface area contributed by atoms with Crippen LogP contribution in [0.1, 0.15) is 24.3 Å². The van der Waals surface area contributed by atoms with Crippen LogP contribution in [0, 0.1) is 0 Å². The fourth-order valence-corrected chi connectivity index (χ4v) is 2.91. The Morgan fingerprint density at radius 1 is 1.41 bits per heavy atom. The molecule has 0 aliphatic heterocycles. The van der Waals surface area contributed by atoms with Gasteiger partial charge in [0.2, 0.25) is 0 Å². The summed E-state index contributed by atoms with van der Waals surface area (Å²) in [5.41, 5.74) is 0.537. The molecule has 2 aromatic heterocycles. The molecule has 17 heavy (non-hydrogen) atoms. The van der Waals surface area contributed by atoms with E-state index in [1.165, 1.54) is 11.3 Å². The van der Waals surface area contributed by atoms with Gasteiger partial charge in [0.15, 0.2) is 0 Å². The first kappa shape index (κ1) is 12.3. The average molecular weight is 266 g/mol. The summed E-state index contributed by atoms with van der Waals surface area (Å²) >= 11 is 3.16. The molecule has 1 amide bonds. The Morgan fingerprint density at radius 3 is 2.76 bits per heavy atom. The van der Waals surface area contributed by atoms with E-state index >= 15 is 0 Å². The van der Waals surface area contributed by atoms with Gasteiger partial charge in [-0.2, -0.15) is 0 Å². The van der Waals surface area contributed by atoms with E-state index in [1.54, 1.807) is 23.3 Å². The van der Waals surface area contributed by atoms with Crippen LogP contribution in [-0.4, -0.2) is 28.9 Å². The van der Waals surface area contributed by atoms with E-state index in [2.05, 4.69) is 4.98 Å². The Hall–Kier alpha value is -1.20. The van der Waals surface area contributed by atoms with Gasteiger partial charge in [0, 0.05) is 18.5 Å². The molecule has 2 heterocycles. The van der Waals surface area contributed by atoms with Crippen molar-refractivity contribution >= 4 is 28.6 Å². The lowest BCUT2D eigenvalue weighted by atomic mass is 10.3. The van der Waals surface area contributed by atoms with Crippen molar-refractivity contribution in [2.75, 3.05) is 7.05 Å². The van der Waals surface area contributed by atoms with Crippen LogP contribution in [0.5, 0.6) is 0 Å². The average Bonchev–Trinajstić information content (AvgIpc) is 2.96. The normalized spacial score (nSPS) is 10.8.